The number of aromatic nitrogens is 2. The van der Waals surface area contributed by atoms with E-state index in [9.17, 15) is 4.39 Å². The molecule has 146 valence electrons. The van der Waals surface area contributed by atoms with E-state index in [4.69, 9.17) is 11.6 Å². The number of imidazole rings is 1. The zero-order valence-electron chi connectivity index (χ0n) is 16.2. The van der Waals surface area contributed by atoms with Gasteiger partial charge in [0.05, 0.1) is 23.1 Å². The molecule has 2 nitrogen and oxygen atoms in total. The first kappa shape index (κ1) is 18.2. The van der Waals surface area contributed by atoms with Gasteiger partial charge in [-0.05, 0) is 97.1 Å². The maximum atomic E-state index is 13.5. The number of nitrogens with zero attached hydrogens (tertiary/aromatic N) is 2. The third-order valence-corrected chi connectivity index (χ3v) is 7.32. The van der Waals surface area contributed by atoms with Crippen LogP contribution < -0.4 is 0 Å². The zero-order valence-corrected chi connectivity index (χ0v) is 17.0. The molecule has 2 aliphatic rings. The average molecular weight is 397 g/mol. The second-order valence-corrected chi connectivity index (χ2v) is 9.13. The van der Waals surface area contributed by atoms with E-state index >= 15 is 0 Å². The fourth-order valence-electron chi connectivity index (χ4n) is 5.23. The Kier molecular flexibility index (Phi) is 4.66. The summed E-state index contributed by atoms with van der Waals surface area (Å²) in [5, 5.41) is 0.245. The number of hydrogen-bond acceptors (Lipinski definition) is 1. The molecule has 2 fully saturated rings. The largest absolute Gasteiger partial charge is 0.306 e. The van der Waals surface area contributed by atoms with Crippen LogP contribution >= 0.6 is 11.6 Å². The molecule has 4 heteroatoms. The predicted octanol–water partition coefficient (Wildman–Crippen LogP) is 7.08. The van der Waals surface area contributed by atoms with Crippen molar-refractivity contribution in [3.8, 4) is 0 Å². The Morgan fingerprint density at radius 1 is 1.07 bits per heavy atom. The van der Waals surface area contributed by atoms with Gasteiger partial charge in [-0.2, -0.15) is 0 Å². The fraction of sp³-hybridized carbons (Fsp3) is 0.458. The van der Waals surface area contributed by atoms with Gasteiger partial charge in [0.25, 0.3) is 0 Å². The van der Waals surface area contributed by atoms with Gasteiger partial charge < -0.3 is 4.40 Å². The molecule has 2 aromatic heterocycles. The third kappa shape index (κ3) is 3.24. The summed E-state index contributed by atoms with van der Waals surface area (Å²) in [6, 6.07) is 7.57. The van der Waals surface area contributed by atoms with Crippen LogP contribution in [-0.4, -0.2) is 9.38 Å². The Morgan fingerprint density at radius 2 is 1.82 bits per heavy atom. The monoisotopic (exact) mass is 396 g/mol. The molecule has 2 heterocycles. The first-order chi connectivity index (χ1) is 13.6. The van der Waals surface area contributed by atoms with E-state index < -0.39 is 0 Å². The van der Waals surface area contributed by atoms with Crippen molar-refractivity contribution in [1.29, 1.82) is 0 Å². The molecular weight excluding hydrogens is 371 g/mol. The topological polar surface area (TPSA) is 17.3 Å². The van der Waals surface area contributed by atoms with E-state index in [0.717, 1.165) is 18.8 Å². The van der Waals surface area contributed by atoms with E-state index in [1.165, 1.54) is 48.4 Å². The standard InChI is InChI=1S/C24H26ClFN2/c1-15(24-20(18-6-7-18)10-11-28-14-27-13-23(24)28)16-2-4-17(5-3-16)19-8-9-22(26)21(25)12-19/h8-18H,2-7H2,1H3/t15-,16?,17?/m0/s1. The van der Waals surface area contributed by atoms with E-state index in [2.05, 4.69) is 28.6 Å². The summed E-state index contributed by atoms with van der Waals surface area (Å²) in [5.74, 6) is 2.14. The maximum absolute atomic E-state index is 13.5. The first-order valence-electron chi connectivity index (χ1n) is 10.5. The van der Waals surface area contributed by atoms with E-state index in [0.29, 0.717) is 17.8 Å². The molecule has 0 N–H and O–H groups in total. The van der Waals surface area contributed by atoms with Crippen LogP contribution in [0.3, 0.4) is 0 Å². The van der Waals surface area contributed by atoms with Crippen molar-refractivity contribution < 1.29 is 4.39 Å². The Hall–Kier alpha value is -1.87. The minimum absolute atomic E-state index is 0.245. The summed E-state index contributed by atoms with van der Waals surface area (Å²) in [6.45, 7) is 2.41. The van der Waals surface area contributed by atoms with Crippen LogP contribution in [0.1, 0.15) is 79.9 Å². The van der Waals surface area contributed by atoms with Crippen molar-refractivity contribution in [2.45, 2.75) is 63.2 Å². The number of halogens is 2. The van der Waals surface area contributed by atoms with Gasteiger partial charge in [0.2, 0.25) is 0 Å². The lowest BCUT2D eigenvalue weighted by molar-refractivity contribution is 0.290. The molecule has 0 spiro atoms. The van der Waals surface area contributed by atoms with Crippen LogP contribution in [0.4, 0.5) is 4.39 Å². The molecule has 1 aromatic carbocycles. The van der Waals surface area contributed by atoms with Crippen LogP contribution in [0, 0.1) is 11.7 Å². The maximum Gasteiger partial charge on any atom is 0.141 e. The van der Waals surface area contributed by atoms with Gasteiger partial charge in [0.1, 0.15) is 5.82 Å². The zero-order chi connectivity index (χ0) is 19.3. The van der Waals surface area contributed by atoms with Gasteiger partial charge in [-0.15, -0.1) is 0 Å². The van der Waals surface area contributed by atoms with Gasteiger partial charge in [-0.3, -0.25) is 0 Å². The number of pyridine rings is 1. The summed E-state index contributed by atoms with van der Waals surface area (Å²) < 4.78 is 15.7. The van der Waals surface area contributed by atoms with Crippen LogP contribution in [0.5, 0.6) is 0 Å². The molecule has 0 bridgehead atoms. The van der Waals surface area contributed by atoms with E-state index in [1.54, 1.807) is 5.56 Å². The lowest BCUT2D eigenvalue weighted by Crippen LogP contribution is -2.19. The summed E-state index contributed by atoms with van der Waals surface area (Å²) in [6.07, 6.45) is 13.5. The number of hydrogen-bond donors (Lipinski definition) is 0. The fourth-order valence-corrected chi connectivity index (χ4v) is 5.42. The van der Waals surface area contributed by atoms with Crippen molar-refractivity contribution in [1.82, 2.24) is 9.38 Å². The van der Waals surface area contributed by atoms with Crippen molar-refractivity contribution in [2.75, 3.05) is 0 Å². The highest BCUT2D eigenvalue weighted by Gasteiger charge is 2.33. The van der Waals surface area contributed by atoms with Gasteiger partial charge in [0.15, 0.2) is 0 Å². The number of rotatable bonds is 4. The summed E-state index contributed by atoms with van der Waals surface area (Å²) in [7, 11) is 0. The molecule has 0 radical (unpaired) electrons. The molecule has 3 aromatic rings. The molecule has 0 amide bonds. The van der Waals surface area contributed by atoms with Crippen molar-refractivity contribution in [3.63, 3.8) is 0 Å². The van der Waals surface area contributed by atoms with Gasteiger partial charge in [-0.25, -0.2) is 9.37 Å². The molecule has 0 aliphatic heterocycles. The number of benzene rings is 1. The normalized spacial score (nSPS) is 23.8. The SMILES string of the molecule is C[C@H](c1c(C2CC2)ccn2cncc12)C1CCC(c2ccc(F)c(Cl)c2)CC1. The third-order valence-electron chi connectivity index (χ3n) is 7.03. The Balaban J connectivity index is 1.37. The van der Waals surface area contributed by atoms with Crippen LogP contribution in [-0.2, 0) is 0 Å². The number of fused-ring (bicyclic) bond motifs is 1. The molecule has 28 heavy (non-hydrogen) atoms. The second-order valence-electron chi connectivity index (χ2n) is 8.72. The van der Waals surface area contributed by atoms with Gasteiger partial charge in [-0.1, -0.05) is 24.6 Å². The second kappa shape index (κ2) is 7.18. The lowest BCUT2D eigenvalue weighted by atomic mass is 9.71. The Morgan fingerprint density at radius 3 is 2.54 bits per heavy atom. The van der Waals surface area contributed by atoms with Crippen molar-refractivity contribution in [2.24, 2.45) is 5.92 Å². The molecule has 0 unspecified atom stereocenters. The van der Waals surface area contributed by atoms with Gasteiger partial charge >= 0.3 is 0 Å². The van der Waals surface area contributed by atoms with E-state index in [-0.39, 0.29) is 10.8 Å². The van der Waals surface area contributed by atoms with Gasteiger partial charge in [0, 0.05) is 6.20 Å². The molecular formula is C24H26ClFN2. The summed E-state index contributed by atoms with van der Waals surface area (Å²) in [4.78, 5) is 4.40. The molecule has 1 atom stereocenters. The highest BCUT2D eigenvalue weighted by atomic mass is 35.5. The average Bonchev–Trinajstić information content (AvgIpc) is 3.45. The lowest BCUT2D eigenvalue weighted by Gasteiger charge is -2.34. The first-order valence-corrected chi connectivity index (χ1v) is 10.9. The molecule has 2 saturated carbocycles. The van der Waals surface area contributed by atoms with Crippen LogP contribution in [0.2, 0.25) is 5.02 Å². The van der Waals surface area contributed by atoms with Crippen LogP contribution in [0.25, 0.3) is 5.52 Å². The molecule has 5 rings (SSSR count). The quantitative estimate of drug-likeness (QED) is 0.460. The minimum Gasteiger partial charge on any atom is -0.306 e. The smallest absolute Gasteiger partial charge is 0.141 e. The van der Waals surface area contributed by atoms with Crippen molar-refractivity contribution in [3.05, 3.63) is 70.5 Å². The summed E-state index contributed by atoms with van der Waals surface area (Å²) in [5.41, 5.74) is 5.54. The van der Waals surface area contributed by atoms with Crippen LogP contribution in [0.15, 0.2) is 43.0 Å². The highest BCUT2D eigenvalue weighted by molar-refractivity contribution is 6.30. The molecule has 2 aliphatic carbocycles. The predicted molar refractivity (Wildman–Crippen MR) is 112 cm³/mol. The van der Waals surface area contributed by atoms with E-state index in [1.807, 2.05) is 24.7 Å². The Labute approximate surface area is 170 Å². The minimum atomic E-state index is -0.325. The van der Waals surface area contributed by atoms with Crippen molar-refractivity contribution >= 4 is 17.1 Å². The molecule has 0 saturated heterocycles. The Bertz CT molecular complexity index is 999. The summed E-state index contributed by atoms with van der Waals surface area (Å²) >= 11 is 6.01. The highest BCUT2D eigenvalue weighted by Crippen LogP contribution is 2.48.